The third kappa shape index (κ3) is 3.02. The summed E-state index contributed by atoms with van der Waals surface area (Å²) in [6.07, 6.45) is 1.60. The second-order valence-electron chi connectivity index (χ2n) is 7.03. The van der Waals surface area contributed by atoms with E-state index in [4.69, 9.17) is 13.9 Å². The normalized spacial score (nSPS) is 20.4. The second kappa shape index (κ2) is 6.79. The Morgan fingerprint density at radius 2 is 1.86 bits per heavy atom. The number of hydrogen-bond acceptors (Lipinski definition) is 6. The molecule has 0 bridgehead atoms. The fourth-order valence-electron chi connectivity index (χ4n) is 3.76. The maximum Gasteiger partial charge on any atom is 0.243 e. The maximum atomic E-state index is 13.2. The fraction of sp³-hybridized carbons (Fsp3) is 0.350. The van der Waals surface area contributed by atoms with Crippen molar-refractivity contribution in [3.05, 3.63) is 48.4 Å². The summed E-state index contributed by atoms with van der Waals surface area (Å²) in [5.41, 5.74) is 1.52. The van der Waals surface area contributed by atoms with Crippen LogP contribution in [0.2, 0.25) is 0 Å². The molecule has 146 valence electrons. The Morgan fingerprint density at radius 3 is 2.71 bits per heavy atom. The molecule has 1 atom stereocenters. The molecule has 1 fully saturated rings. The van der Waals surface area contributed by atoms with Crippen molar-refractivity contribution in [3.63, 3.8) is 0 Å². The Bertz CT molecular complexity index is 1090. The first kappa shape index (κ1) is 17.5. The number of oxazole rings is 1. The first-order valence-corrected chi connectivity index (χ1v) is 10.8. The van der Waals surface area contributed by atoms with Crippen LogP contribution < -0.4 is 9.47 Å². The van der Waals surface area contributed by atoms with Crippen LogP contribution >= 0.6 is 0 Å². The fourth-order valence-corrected chi connectivity index (χ4v) is 5.30. The average molecular weight is 400 g/mol. The Hall–Kier alpha value is -2.58. The summed E-state index contributed by atoms with van der Waals surface area (Å²) in [6.45, 7) is 1.72. The molecule has 8 heteroatoms. The topological polar surface area (TPSA) is 81.9 Å². The summed E-state index contributed by atoms with van der Waals surface area (Å²) < 4.78 is 44.8. The number of fused-ring (bicyclic) bond motifs is 2. The lowest BCUT2D eigenvalue weighted by molar-refractivity contribution is 0.171. The number of nitrogens with zero attached hydrogens (tertiary/aromatic N) is 2. The first-order chi connectivity index (χ1) is 13.6. The van der Waals surface area contributed by atoms with Gasteiger partial charge in [-0.05, 0) is 37.1 Å². The largest absolute Gasteiger partial charge is 0.486 e. The molecule has 2 aliphatic rings. The van der Waals surface area contributed by atoms with Crippen molar-refractivity contribution in [2.24, 2.45) is 0 Å². The Balaban J connectivity index is 1.42. The summed E-state index contributed by atoms with van der Waals surface area (Å²) in [6, 6.07) is 12.4. The zero-order chi connectivity index (χ0) is 19.1. The molecule has 3 heterocycles. The molecule has 0 saturated carbocycles. The standard InChI is InChI=1S/C20H20N2O5S/c23-28(24,15-7-8-18-19(12-15)26-11-10-25-18)22-9-3-4-14(13-22)20-21-16-5-1-2-6-17(16)27-20/h1-2,5-8,12,14H,3-4,9-11,13H2/t14-/m0/s1. The Kier molecular flexibility index (Phi) is 4.25. The van der Waals surface area contributed by atoms with Gasteiger partial charge >= 0.3 is 0 Å². The van der Waals surface area contributed by atoms with Gasteiger partial charge in [0.1, 0.15) is 18.7 Å². The molecule has 7 nitrogen and oxygen atoms in total. The van der Waals surface area contributed by atoms with E-state index in [1.165, 1.54) is 4.31 Å². The lowest BCUT2D eigenvalue weighted by Crippen LogP contribution is -2.39. The van der Waals surface area contributed by atoms with E-state index >= 15 is 0 Å². The summed E-state index contributed by atoms with van der Waals surface area (Å²) in [4.78, 5) is 4.78. The predicted octanol–water partition coefficient (Wildman–Crippen LogP) is 3.17. The molecule has 3 aromatic rings. The number of benzene rings is 2. The van der Waals surface area contributed by atoms with Gasteiger partial charge < -0.3 is 13.9 Å². The number of ether oxygens (including phenoxy) is 2. The third-order valence-electron chi connectivity index (χ3n) is 5.20. The van der Waals surface area contributed by atoms with E-state index in [1.54, 1.807) is 18.2 Å². The van der Waals surface area contributed by atoms with Crippen molar-refractivity contribution in [2.45, 2.75) is 23.7 Å². The molecule has 1 aromatic heterocycles. The molecule has 28 heavy (non-hydrogen) atoms. The zero-order valence-electron chi connectivity index (χ0n) is 15.2. The Labute approximate surface area is 162 Å². The minimum Gasteiger partial charge on any atom is -0.486 e. The van der Waals surface area contributed by atoms with Crippen LogP contribution in [-0.4, -0.2) is 44.0 Å². The molecule has 5 rings (SSSR count). The molecule has 0 spiro atoms. The van der Waals surface area contributed by atoms with E-state index in [0.717, 1.165) is 23.9 Å². The van der Waals surface area contributed by atoms with Gasteiger partial charge in [0.25, 0.3) is 0 Å². The van der Waals surface area contributed by atoms with Crippen LogP contribution in [0.5, 0.6) is 11.5 Å². The number of rotatable bonds is 3. The lowest BCUT2D eigenvalue weighted by atomic mass is 10.00. The van der Waals surface area contributed by atoms with Gasteiger partial charge in [0.05, 0.1) is 4.90 Å². The molecule has 0 amide bonds. The van der Waals surface area contributed by atoms with E-state index in [0.29, 0.717) is 43.7 Å². The van der Waals surface area contributed by atoms with Crippen molar-refractivity contribution in [2.75, 3.05) is 26.3 Å². The van der Waals surface area contributed by atoms with Crippen LogP contribution in [0.15, 0.2) is 51.8 Å². The quantitative estimate of drug-likeness (QED) is 0.672. The van der Waals surface area contributed by atoms with Gasteiger partial charge in [-0.25, -0.2) is 13.4 Å². The molecule has 0 unspecified atom stereocenters. The van der Waals surface area contributed by atoms with Crippen LogP contribution in [0.3, 0.4) is 0 Å². The van der Waals surface area contributed by atoms with E-state index in [-0.39, 0.29) is 10.8 Å². The molecule has 0 N–H and O–H groups in total. The minimum absolute atomic E-state index is 0.0619. The molecule has 0 aliphatic carbocycles. The summed E-state index contributed by atoms with van der Waals surface area (Å²) in [5, 5.41) is 0. The summed E-state index contributed by atoms with van der Waals surface area (Å²) in [5.74, 6) is 1.59. The van der Waals surface area contributed by atoms with Crippen LogP contribution in [0.4, 0.5) is 0 Å². The van der Waals surface area contributed by atoms with Gasteiger partial charge in [-0.15, -0.1) is 0 Å². The highest BCUT2D eigenvalue weighted by atomic mass is 32.2. The number of sulfonamides is 1. The summed E-state index contributed by atoms with van der Waals surface area (Å²) >= 11 is 0. The second-order valence-corrected chi connectivity index (χ2v) is 8.97. The Morgan fingerprint density at radius 1 is 1.04 bits per heavy atom. The lowest BCUT2D eigenvalue weighted by Gasteiger charge is -2.30. The van der Waals surface area contributed by atoms with Crippen LogP contribution in [0.25, 0.3) is 11.1 Å². The average Bonchev–Trinajstić information content (AvgIpc) is 3.18. The van der Waals surface area contributed by atoms with Gasteiger partial charge in [0.15, 0.2) is 23.0 Å². The van der Waals surface area contributed by atoms with Crippen LogP contribution in [0.1, 0.15) is 24.7 Å². The van der Waals surface area contributed by atoms with Crippen molar-refractivity contribution >= 4 is 21.1 Å². The van der Waals surface area contributed by atoms with E-state index in [1.807, 2.05) is 24.3 Å². The molecular weight excluding hydrogens is 380 g/mol. The monoisotopic (exact) mass is 400 g/mol. The van der Waals surface area contributed by atoms with Crippen LogP contribution in [0, 0.1) is 0 Å². The molecule has 2 aromatic carbocycles. The zero-order valence-corrected chi connectivity index (χ0v) is 16.0. The van der Waals surface area contributed by atoms with E-state index in [2.05, 4.69) is 4.98 Å². The van der Waals surface area contributed by atoms with Crippen molar-refractivity contribution in [1.82, 2.24) is 9.29 Å². The number of para-hydroxylation sites is 2. The van der Waals surface area contributed by atoms with Gasteiger partial charge in [0.2, 0.25) is 10.0 Å². The number of aromatic nitrogens is 1. The highest BCUT2D eigenvalue weighted by Gasteiger charge is 2.33. The van der Waals surface area contributed by atoms with Crippen LogP contribution in [-0.2, 0) is 10.0 Å². The molecule has 1 saturated heterocycles. The maximum absolute atomic E-state index is 13.2. The number of hydrogen-bond donors (Lipinski definition) is 0. The number of piperidine rings is 1. The first-order valence-electron chi connectivity index (χ1n) is 9.36. The minimum atomic E-state index is -3.64. The van der Waals surface area contributed by atoms with Gasteiger partial charge in [-0.2, -0.15) is 4.31 Å². The third-order valence-corrected chi connectivity index (χ3v) is 7.06. The van der Waals surface area contributed by atoms with E-state index in [9.17, 15) is 8.42 Å². The predicted molar refractivity (Wildman–Crippen MR) is 102 cm³/mol. The van der Waals surface area contributed by atoms with Gasteiger partial charge in [-0.3, -0.25) is 0 Å². The summed E-state index contributed by atoms with van der Waals surface area (Å²) in [7, 11) is -3.64. The van der Waals surface area contributed by atoms with E-state index < -0.39 is 10.0 Å². The van der Waals surface area contributed by atoms with Crippen molar-refractivity contribution < 1.29 is 22.3 Å². The van der Waals surface area contributed by atoms with Crippen molar-refractivity contribution in [3.8, 4) is 11.5 Å². The highest BCUT2D eigenvalue weighted by Crippen LogP contribution is 2.35. The van der Waals surface area contributed by atoms with Crippen molar-refractivity contribution in [1.29, 1.82) is 0 Å². The molecular formula is C20H20N2O5S. The van der Waals surface area contributed by atoms with Gasteiger partial charge in [0, 0.05) is 25.1 Å². The molecule has 2 aliphatic heterocycles. The van der Waals surface area contributed by atoms with Gasteiger partial charge in [-0.1, -0.05) is 12.1 Å². The molecule has 0 radical (unpaired) electrons. The SMILES string of the molecule is O=S(=O)(c1ccc2c(c1)OCCO2)N1CCC[C@H](c2nc3ccccc3o2)C1. The smallest absolute Gasteiger partial charge is 0.243 e. The highest BCUT2D eigenvalue weighted by molar-refractivity contribution is 7.89.